The van der Waals surface area contributed by atoms with Gasteiger partial charge in [-0.15, -0.1) is 0 Å². The molecular weight excluding hydrogens is 425 g/mol. The molecule has 0 aliphatic rings. The average Bonchev–Trinajstić information content (AvgIpc) is 3.41. The molecule has 0 spiro atoms. The molecule has 0 saturated heterocycles. The highest BCUT2D eigenvalue weighted by molar-refractivity contribution is 5.92. The molecule has 0 fully saturated rings. The third kappa shape index (κ3) is 4.68. The average molecular weight is 455 g/mol. The molecule has 4 rings (SSSR count). The van der Waals surface area contributed by atoms with Crippen LogP contribution in [0, 0.1) is 5.92 Å². The Labute approximate surface area is 191 Å². The van der Waals surface area contributed by atoms with Crippen molar-refractivity contribution < 1.29 is 13.2 Å². The second-order valence-electron chi connectivity index (χ2n) is 8.62. The van der Waals surface area contributed by atoms with Gasteiger partial charge in [-0.1, -0.05) is 57.7 Å². The van der Waals surface area contributed by atoms with Gasteiger partial charge in [0.15, 0.2) is 5.69 Å². The molecular formula is C26H29F3N4. The van der Waals surface area contributed by atoms with Crippen LogP contribution in [-0.4, -0.2) is 19.7 Å². The number of nitrogens with one attached hydrogen (secondary N) is 1. The summed E-state index contributed by atoms with van der Waals surface area (Å²) in [6.45, 7) is 4.46. The van der Waals surface area contributed by atoms with Gasteiger partial charge < -0.3 is 4.57 Å². The van der Waals surface area contributed by atoms with E-state index < -0.39 is 11.9 Å². The lowest BCUT2D eigenvalue weighted by molar-refractivity contribution is -0.141. The largest absolute Gasteiger partial charge is 0.435 e. The van der Waals surface area contributed by atoms with E-state index >= 15 is 0 Å². The summed E-state index contributed by atoms with van der Waals surface area (Å²) in [7, 11) is 2.05. The number of unbranched alkanes of at least 4 members (excludes halogenated alkanes) is 1. The number of para-hydroxylation sites is 1. The molecule has 4 aromatic rings. The first-order chi connectivity index (χ1) is 15.8. The molecule has 0 aliphatic heterocycles. The van der Waals surface area contributed by atoms with E-state index in [1.165, 1.54) is 30.2 Å². The standard InChI is InChI=1S/C26H29F3N4/c1-4-6-9-17(5-2)14-20-19-10-7-8-11-23(19)33(3)25(20)18-12-13-30-21(15-18)22-16-24(32-31-22)26(27,28)29/h7-8,10-13,15-17H,4-6,9,14H2,1-3H3,(H,31,32). The first-order valence-corrected chi connectivity index (χ1v) is 11.5. The van der Waals surface area contributed by atoms with Crippen molar-refractivity contribution in [3.8, 4) is 22.6 Å². The molecule has 0 amide bonds. The molecule has 33 heavy (non-hydrogen) atoms. The maximum Gasteiger partial charge on any atom is 0.435 e. The number of pyridine rings is 1. The zero-order valence-corrected chi connectivity index (χ0v) is 19.2. The summed E-state index contributed by atoms with van der Waals surface area (Å²) in [5.41, 5.74) is 4.19. The van der Waals surface area contributed by atoms with E-state index in [0.29, 0.717) is 11.6 Å². The van der Waals surface area contributed by atoms with Gasteiger partial charge in [0.2, 0.25) is 0 Å². The van der Waals surface area contributed by atoms with Crippen LogP contribution in [0.15, 0.2) is 48.7 Å². The van der Waals surface area contributed by atoms with Gasteiger partial charge in [0.05, 0.1) is 17.1 Å². The topological polar surface area (TPSA) is 46.5 Å². The fourth-order valence-electron chi connectivity index (χ4n) is 4.60. The molecule has 0 bridgehead atoms. The third-order valence-electron chi connectivity index (χ3n) is 6.43. The minimum atomic E-state index is -4.50. The lowest BCUT2D eigenvalue weighted by Crippen LogP contribution is -2.05. The number of rotatable bonds is 8. The van der Waals surface area contributed by atoms with Gasteiger partial charge in [-0.25, -0.2) is 0 Å². The SMILES string of the molecule is CCCCC(CC)Cc1c(-c2ccnc(-c3cc(C(F)(F)F)n[nH]3)c2)n(C)c2ccccc12. The minimum absolute atomic E-state index is 0.249. The van der Waals surface area contributed by atoms with Crippen LogP contribution in [0.2, 0.25) is 0 Å². The number of aryl methyl sites for hydroxylation is 1. The minimum Gasteiger partial charge on any atom is -0.343 e. The van der Waals surface area contributed by atoms with Gasteiger partial charge in [-0.3, -0.25) is 10.1 Å². The van der Waals surface area contributed by atoms with Crippen molar-refractivity contribution in [1.82, 2.24) is 19.7 Å². The number of H-pyrrole nitrogens is 1. The van der Waals surface area contributed by atoms with Gasteiger partial charge in [0.25, 0.3) is 0 Å². The number of aromatic nitrogens is 4. The number of alkyl halides is 3. The van der Waals surface area contributed by atoms with Crippen LogP contribution in [0.1, 0.15) is 50.8 Å². The number of hydrogen-bond donors (Lipinski definition) is 1. The van der Waals surface area contributed by atoms with Crippen LogP contribution in [0.5, 0.6) is 0 Å². The summed E-state index contributed by atoms with van der Waals surface area (Å²) < 4.78 is 41.3. The lowest BCUT2D eigenvalue weighted by atomic mass is 9.89. The van der Waals surface area contributed by atoms with Crippen molar-refractivity contribution in [3.63, 3.8) is 0 Å². The monoisotopic (exact) mass is 454 g/mol. The summed E-state index contributed by atoms with van der Waals surface area (Å²) in [5.74, 6) is 0.581. The normalized spacial score (nSPS) is 13.0. The predicted octanol–water partition coefficient (Wildman–Crippen LogP) is 7.41. The first-order valence-electron chi connectivity index (χ1n) is 11.5. The van der Waals surface area contributed by atoms with E-state index in [9.17, 15) is 13.2 Å². The number of benzene rings is 1. The molecule has 1 atom stereocenters. The first kappa shape index (κ1) is 23.1. The molecule has 4 nitrogen and oxygen atoms in total. The van der Waals surface area contributed by atoms with E-state index in [4.69, 9.17) is 0 Å². The fraction of sp³-hybridized carbons (Fsp3) is 0.385. The molecule has 1 unspecified atom stereocenters. The quantitative estimate of drug-likeness (QED) is 0.301. The Morgan fingerprint density at radius 3 is 2.58 bits per heavy atom. The second kappa shape index (κ2) is 9.41. The zero-order chi connectivity index (χ0) is 23.6. The summed E-state index contributed by atoms with van der Waals surface area (Å²) in [4.78, 5) is 4.31. The van der Waals surface area contributed by atoms with E-state index in [1.807, 2.05) is 25.2 Å². The molecule has 0 aliphatic carbocycles. The Morgan fingerprint density at radius 1 is 1.09 bits per heavy atom. The van der Waals surface area contributed by atoms with Crippen LogP contribution in [0.25, 0.3) is 33.5 Å². The highest BCUT2D eigenvalue weighted by Gasteiger charge is 2.34. The maximum absolute atomic E-state index is 13.0. The third-order valence-corrected chi connectivity index (χ3v) is 6.43. The molecule has 0 radical (unpaired) electrons. The molecule has 3 heterocycles. The van der Waals surface area contributed by atoms with Crippen molar-refractivity contribution in [2.75, 3.05) is 0 Å². The molecule has 3 aromatic heterocycles. The Morgan fingerprint density at radius 2 is 1.88 bits per heavy atom. The number of halogens is 3. The van der Waals surface area contributed by atoms with Crippen molar-refractivity contribution in [1.29, 1.82) is 0 Å². The van der Waals surface area contributed by atoms with Gasteiger partial charge >= 0.3 is 6.18 Å². The Hall–Kier alpha value is -3.09. The van der Waals surface area contributed by atoms with Gasteiger partial charge in [-0.2, -0.15) is 18.3 Å². The smallest absolute Gasteiger partial charge is 0.343 e. The van der Waals surface area contributed by atoms with Crippen molar-refractivity contribution in [3.05, 3.63) is 59.9 Å². The van der Waals surface area contributed by atoms with Crippen molar-refractivity contribution in [2.45, 2.75) is 52.1 Å². The van der Waals surface area contributed by atoms with E-state index in [1.54, 1.807) is 6.20 Å². The molecule has 0 saturated carbocycles. The van der Waals surface area contributed by atoms with Crippen LogP contribution in [0.3, 0.4) is 0 Å². The van der Waals surface area contributed by atoms with Gasteiger partial charge in [-0.05, 0) is 42.2 Å². The zero-order valence-electron chi connectivity index (χ0n) is 19.2. The maximum atomic E-state index is 13.0. The fourth-order valence-corrected chi connectivity index (χ4v) is 4.60. The summed E-state index contributed by atoms with van der Waals surface area (Å²) in [6.07, 6.45) is 2.80. The van der Waals surface area contributed by atoms with Gasteiger partial charge in [0, 0.05) is 29.7 Å². The highest BCUT2D eigenvalue weighted by atomic mass is 19.4. The number of nitrogens with zero attached hydrogens (tertiary/aromatic N) is 3. The molecule has 174 valence electrons. The number of fused-ring (bicyclic) bond motifs is 1. The molecule has 1 aromatic carbocycles. The second-order valence-corrected chi connectivity index (χ2v) is 8.62. The van der Waals surface area contributed by atoms with E-state index in [0.717, 1.165) is 35.7 Å². The predicted molar refractivity (Wildman–Crippen MR) is 126 cm³/mol. The van der Waals surface area contributed by atoms with Crippen molar-refractivity contribution in [2.24, 2.45) is 13.0 Å². The molecule has 7 heteroatoms. The van der Waals surface area contributed by atoms with Gasteiger partial charge in [0.1, 0.15) is 0 Å². The van der Waals surface area contributed by atoms with Crippen LogP contribution >= 0.6 is 0 Å². The summed E-state index contributed by atoms with van der Waals surface area (Å²) >= 11 is 0. The van der Waals surface area contributed by atoms with E-state index in [2.05, 4.69) is 51.8 Å². The van der Waals surface area contributed by atoms with Crippen LogP contribution in [-0.2, 0) is 19.6 Å². The van der Waals surface area contributed by atoms with Crippen LogP contribution < -0.4 is 0 Å². The Bertz CT molecular complexity index is 1240. The molecule has 1 N–H and O–H groups in total. The Kier molecular flexibility index (Phi) is 6.58. The Balaban J connectivity index is 1.80. The number of aromatic amines is 1. The highest BCUT2D eigenvalue weighted by Crippen LogP contribution is 2.37. The summed E-state index contributed by atoms with van der Waals surface area (Å²) in [6, 6.07) is 13.1. The van der Waals surface area contributed by atoms with Crippen molar-refractivity contribution >= 4 is 10.9 Å². The summed E-state index contributed by atoms with van der Waals surface area (Å²) in [5, 5.41) is 7.13. The van der Waals surface area contributed by atoms with E-state index in [-0.39, 0.29) is 5.69 Å². The van der Waals surface area contributed by atoms with Crippen LogP contribution in [0.4, 0.5) is 13.2 Å². The number of hydrogen-bond acceptors (Lipinski definition) is 2. The lowest BCUT2D eigenvalue weighted by Gasteiger charge is -2.16.